The molecule has 5 unspecified atom stereocenters. The van der Waals surface area contributed by atoms with E-state index in [1.54, 1.807) is 5.57 Å². The van der Waals surface area contributed by atoms with Crippen LogP contribution in [0.25, 0.3) is 0 Å². The van der Waals surface area contributed by atoms with Crippen molar-refractivity contribution in [3.05, 3.63) is 11.6 Å². The number of Topliss-reactive ketones (excluding diaryl/α,β-unsaturated/α-hetero) is 1. The minimum Gasteiger partial charge on any atom is -0.462 e. The highest BCUT2D eigenvalue weighted by atomic mass is 16.5. The maximum atomic E-state index is 13.3. The Morgan fingerprint density at radius 1 is 1.06 bits per heavy atom. The summed E-state index contributed by atoms with van der Waals surface area (Å²) in [5.41, 5.74) is 7.90. The lowest BCUT2D eigenvalue weighted by atomic mass is 9.44. The van der Waals surface area contributed by atoms with E-state index in [-0.39, 0.29) is 28.3 Å². The van der Waals surface area contributed by atoms with Crippen LogP contribution < -0.4 is 5.73 Å². The first-order chi connectivity index (χ1) is 15.2. The third kappa shape index (κ3) is 2.96. The number of ether oxygens (including phenoxy) is 1. The van der Waals surface area contributed by atoms with Gasteiger partial charge in [-0.15, -0.1) is 0 Å². The number of carbonyl (C=O) groups is 2. The molecule has 0 aliphatic heterocycles. The Morgan fingerprint density at radius 3 is 2.53 bits per heavy atom. The van der Waals surface area contributed by atoms with E-state index >= 15 is 0 Å². The Morgan fingerprint density at radius 2 is 1.84 bits per heavy atom. The smallest absolute Gasteiger partial charge is 0.302 e. The first-order valence-electron chi connectivity index (χ1n) is 13.2. The molecular formula is C28H43NO3. The van der Waals surface area contributed by atoms with Gasteiger partial charge in [0, 0.05) is 18.8 Å². The highest BCUT2D eigenvalue weighted by Crippen LogP contribution is 2.74. The number of carbonyl (C=O) groups excluding carboxylic acids is 2. The van der Waals surface area contributed by atoms with Crippen LogP contribution in [0.3, 0.4) is 0 Å². The molecule has 5 aliphatic rings. The lowest BCUT2D eigenvalue weighted by molar-refractivity contribution is -0.152. The summed E-state index contributed by atoms with van der Waals surface area (Å²) in [6.45, 7) is 9.19. The van der Waals surface area contributed by atoms with E-state index in [0.29, 0.717) is 35.4 Å². The molecule has 0 aromatic heterocycles. The molecule has 0 heterocycles. The molecular weight excluding hydrogens is 398 g/mol. The molecule has 9 atom stereocenters. The van der Waals surface area contributed by atoms with Crippen molar-refractivity contribution in [2.75, 3.05) is 6.54 Å². The molecule has 0 saturated heterocycles. The van der Waals surface area contributed by atoms with Crippen LogP contribution in [0.2, 0.25) is 0 Å². The van der Waals surface area contributed by atoms with Crippen molar-refractivity contribution in [1.82, 2.24) is 0 Å². The van der Waals surface area contributed by atoms with Crippen molar-refractivity contribution in [3.63, 3.8) is 0 Å². The van der Waals surface area contributed by atoms with Gasteiger partial charge in [0.2, 0.25) is 0 Å². The van der Waals surface area contributed by atoms with Gasteiger partial charge in [-0.1, -0.05) is 25.5 Å². The van der Waals surface area contributed by atoms with Gasteiger partial charge in [-0.05, 0) is 112 Å². The highest BCUT2D eigenvalue weighted by molar-refractivity contribution is 5.84. The number of fused-ring (bicyclic) bond motifs is 7. The fourth-order valence-electron chi connectivity index (χ4n) is 10.1. The number of esters is 1. The standard InChI is InChI=1S/C28H43NO3/c1-17(30)28-12-7-19(16-29)13-21(28)15-25-23-6-5-20-14-22(32-18(2)31)8-10-26(20,3)24(23)9-11-27(25,28)4/h5,19,21-25H,6-16,29H2,1-4H3/t19-,21?,22?,23?,24?,25?,26-,27-,28-/m0/s1. The van der Waals surface area contributed by atoms with Crippen molar-refractivity contribution in [1.29, 1.82) is 0 Å². The predicted octanol–water partition coefficient (Wildman–Crippen LogP) is 5.44. The average Bonchev–Trinajstić information content (AvgIpc) is 3.02. The fraction of sp³-hybridized carbons (Fsp3) is 0.857. The monoisotopic (exact) mass is 441 g/mol. The average molecular weight is 442 g/mol. The minimum absolute atomic E-state index is 0.0563. The summed E-state index contributed by atoms with van der Waals surface area (Å²) in [5.74, 6) is 3.46. The molecule has 5 rings (SSSR count). The number of rotatable bonds is 3. The van der Waals surface area contributed by atoms with Crippen LogP contribution in [0, 0.1) is 45.8 Å². The van der Waals surface area contributed by atoms with Crippen LogP contribution in [-0.2, 0) is 14.3 Å². The fourth-order valence-corrected chi connectivity index (χ4v) is 10.1. The van der Waals surface area contributed by atoms with E-state index in [0.717, 1.165) is 51.5 Å². The van der Waals surface area contributed by atoms with Crippen LogP contribution in [0.5, 0.6) is 0 Å². The summed E-state index contributed by atoms with van der Waals surface area (Å²) in [4.78, 5) is 24.9. The van der Waals surface area contributed by atoms with Crippen molar-refractivity contribution < 1.29 is 14.3 Å². The molecule has 4 fully saturated rings. The predicted molar refractivity (Wildman–Crippen MR) is 126 cm³/mol. The summed E-state index contributed by atoms with van der Waals surface area (Å²) < 4.78 is 5.60. The molecule has 178 valence electrons. The maximum absolute atomic E-state index is 13.3. The van der Waals surface area contributed by atoms with Crippen LogP contribution in [0.4, 0.5) is 0 Å². The van der Waals surface area contributed by atoms with Crippen LogP contribution >= 0.6 is 0 Å². The van der Waals surface area contributed by atoms with Gasteiger partial charge in [-0.3, -0.25) is 9.59 Å². The summed E-state index contributed by atoms with van der Waals surface area (Å²) in [6, 6.07) is 0. The molecule has 4 heteroatoms. The molecule has 32 heavy (non-hydrogen) atoms. The Bertz CT molecular complexity index is 835. The number of ketones is 1. The van der Waals surface area contributed by atoms with Crippen molar-refractivity contribution in [2.45, 2.75) is 98.0 Å². The van der Waals surface area contributed by atoms with E-state index < -0.39 is 0 Å². The second-order valence-electron chi connectivity index (χ2n) is 12.5. The molecule has 0 spiro atoms. The van der Waals surface area contributed by atoms with Gasteiger partial charge in [0.05, 0.1) is 0 Å². The zero-order valence-electron chi connectivity index (χ0n) is 20.6. The van der Waals surface area contributed by atoms with E-state index in [1.807, 2.05) is 6.92 Å². The second kappa shape index (κ2) is 7.68. The van der Waals surface area contributed by atoms with E-state index in [2.05, 4.69) is 19.9 Å². The van der Waals surface area contributed by atoms with Gasteiger partial charge >= 0.3 is 5.97 Å². The van der Waals surface area contributed by atoms with Gasteiger partial charge in [0.15, 0.2) is 0 Å². The van der Waals surface area contributed by atoms with Crippen molar-refractivity contribution >= 4 is 11.8 Å². The quantitative estimate of drug-likeness (QED) is 0.468. The van der Waals surface area contributed by atoms with Gasteiger partial charge in [0.1, 0.15) is 11.9 Å². The zero-order valence-corrected chi connectivity index (χ0v) is 20.6. The van der Waals surface area contributed by atoms with Gasteiger partial charge in [-0.2, -0.15) is 0 Å². The largest absolute Gasteiger partial charge is 0.462 e. The number of allylic oxidation sites excluding steroid dienone is 1. The van der Waals surface area contributed by atoms with E-state index in [9.17, 15) is 9.59 Å². The molecule has 0 radical (unpaired) electrons. The highest BCUT2D eigenvalue weighted by Gasteiger charge is 2.69. The summed E-state index contributed by atoms with van der Waals surface area (Å²) in [5, 5.41) is 0. The molecule has 0 aromatic carbocycles. The van der Waals surface area contributed by atoms with Gasteiger partial charge < -0.3 is 10.5 Å². The Hall–Kier alpha value is -1.16. The Labute approximate surface area is 194 Å². The zero-order chi connectivity index (χ0) is 22.9. The minimum atomic E-state index is -0.153. The van der Waals surface area contributed by atoms with Gasteiger partial charge in [-0.25, -0.2) is 0 Å². The number of hydrogen-bond acceptors (Lipinski definition) is 4. The third-order valence-corrected chi connectivity index (χ3v) is 11.6. The second-order valence-corrected chi connectivity index (χ2v) is 12.5. The molecule has 4 saturated carbocycles. The van der Waals surface area contributed by atoms with Crippen LogP contribution in [0.15, 0.2) is 11.6 Å². The molecule has 5 aliphatic carbocycles. The molecule has 0 aromatic rings. The Kier molecular flexibility index (Phi) is 5.43. The molecule has 2 N–H and O–H groups in total. The van der Waals surface area contributed by atoms with Crippen LogP contribution in [0.1, 0.15) is 91.9 Å². The molecule has 4 nitrogen and oxygen atoms in total. The molecule has 0 amide bonds. The lowest BCUT2D eigenvalue weighted by Gasteiger charge is -2.60. The summed E-state index contributed by atoms with van der Waals surface area (Å²) in [7, 11) is 0. The van der Waals surface area contributed by atoms with Crippen molar-refractivity contribution in [3.8, 4) is 0 Å². The lowest BCUT2D eigenvalue weighted by Crippen LogP contribution is -2.55. The third-order valence-electron chi connectivity index (χ3n) is 11.6. The Balaban J connectivity index is 1.46. The van der Waals surface area contributed by atoms with E-state index in [1.165, 1.54) is 26.2 Å². The van der Waals surface area contributed by atoms with Crippen molar-refractivity contribution in [2.24, 2.45) is 51.6 Å². The maximum Gasteiger partial charge on any atom is 0.302 e. The first-order valence-corrected chi connectivity index (χ1v) is 13.2. The topological polar surface area (TPSA) is 69.4 Å². The number of hydrogen-bond donors (Lipinski definition) is 1. The first kappa shape index (κ1) is 22.6. The van der Waals surface area contributed by atoms with Gasteiger partial charge in [0.25, 0.3) is 0 Å². The normalized spacial score (nSPS) is 49.7. The van der Waals surface area contributed by atoms with E-state index in [4.69, 9.17) is 10.5 Å². The molecule has 0 bridgehead atoms. The van der Waals surface area contributed by atoms with Crippen LogP contribution in [-0.4, -0.2) is 24.4 Å². The summed E-state index contributed by atoms with van der Waals surface area (Å²) in [6.07, 6.45) is 13.7. The number of nitrogens with two attached hydrogens (primary N) is 1. The summed E-state index contributed by atoms with van der Waals surface area (Å²) >= 11 is 0. The SMILES string of the molecule is CC(=O)OC1CC[C@@]2(C)C(=CCC3C2CC[C@@]2(C)C3CC3C[C@@H](CN)CC[C@]32C(C)=O)C1.